The first-order valence-corrected chi connectivity index (χ1v) is 0.289. The van der Waals surface area contributed by atoms with Crippen molar-refractivity contribution < 1.29 is 10.3 Å². The van der Waals surface area contributed by atoms with Gasteiger partial charge in [-0.05, 0) is 0 Å². The molecule has 2 nitrogen and oxygen atoms in total. The van der Waals surface area contributed by atoms with Gasteiger partial charge in [-0.3, -0.25) is 0 Å². The van der Waals surface area contributed by atoms with Gasteiger partial charge in [0.05, 0.1) is 0 Å². The molecule has 2 heteroatoms. The maximum Gasteiger partial charge on any atom is 0.106 e. The molecule has 0 fully saturated rings. The largest absolute Gasteiger partial charge is 0.412 e. The van der Waals surface area contributed by atoms with Crippen LogP contribution in [0.5, 0.6) is 0 Å². The molecule has 0 aliphatic carbocycles. The van der Waals surface area contributed by atoms with E-state index in [0.717, 1.165) is 0 Å². The van der Waals surface area contributed by atoms with Crippen LogP contribution in [0, 0.1) is 0 Å². The summed E-state index contributed by atoms with van der Waals surface area (Å²) in [4.78, 5) is 8.00. The van der Waals surface area contributed by atoms with Crippen LogP contribution >= 0.6 is 0 Å². The van der Waals surface area contributed by atoms with Gasteiger partial charge in [0.2, 0.25) is 0 Å². The molecule has 52 valence electrons. The molecule has 2 N–H and O–H groups in total. The van der Waals surface area contributed by atoms with Gasteiger partial charge >= 0.3 is 0 Å². The van der Waals surface area contributed by atoms with E-state index in [1.807, 2.05) is 6.79 Å². The summed E-state index contributed by atoms with van der Waals surface area (Å²) in [5, 5.41) is 0. The lowest BCUT2D eigenvalue weighted by Gasteiger charge is -0.837. The van der Waals surface area contributed by atoms with Gasteiger partial charge in [-0.15, -0.1) is 0 Å². The maximum atomic E-state index is 8.00. The Hall–Kier alpha value is -0.370. The lowest BCUT2D eigenvalue weighted by molar-refractivity contribution is -0.0979. The number of carbonyl (C=O) groups excluding carboxylic acids is 1. The van der Waals surface area contributed by atoms with E-state index in [2.05, 4.69) is 0 Å². The third kappa shape index (κ3) is 542. The average molecular weight is 112 g/mol. The molecule has 7 heavy (non-hydrogen) atoms. The van der Waals surface area contributed by atoms with Crippen LogP contribution in [0.25, 0.3) is 0 Å². The average Bonchev–Trinajstić information content (AvgIpc) is 1.00. The van der Waals surface area contributed by atoms with Crippen molar-refractivity contribution in [2.75, 3.05) is 0 Å². The predicted octanol–water partition coefficient (Wildman–Crippen LogP) is 1.53. The fourth-order valence-electron chi connectivity index (χ4n) is 0. The number of hydrogen-bond acceptors (Lipinski definition) is 1. The van der Waals surface area contributed by atoms with Gasteiger partial charge in [0.15, 0.2) is 0 Å². The molecule has 0 atom stereocenters. The van der Waals surface area contributed by atoms with Gasteiger partial charge in [-0.1, -0.05) is 29.7 Å². The summed E-state index contributed by atoms with van der Waals surface area (Å²) >= 11 is 0. The Balaban J connectivity index is -0.000000000500. The summed E-state index contributed by atoms with van der Waals surface area (Å²) in [5.41, 5.74) is 0. The molecule has 0 saturated carbocycles. The minimum atomic E-state index is 0. The lowest BCUT2D eigenvalue weighted by Crippen LogP contribution is -0.925. The highest BCUT2D eigenvalue weighted by Crippen LogP contribution is 0.494. The van der Waals surface area contributed by atoms with Gasteiger partial charge in [0.25, 0.3) is 0 Å². The summed E-state index contributed by atoms with van der Waals surface area (Å²) in [6.07, 6.45) is 0. The Morgan fingerprint density at radius 1 is 0.714 bits per heavy atom. The van der Waals surface area contributed by atoms with Crippen LogP contribution in [0.4, 0.5) is 0 Å². The monoisotopic (exact) mass is 112 g/mol. The van der Waals surface area contributed by atoms with Gasteiger partial charge in [0, 0.05) is 0 Å². The van der Waals surface area contributed by atoms with Crippen LogP contribution in [0.2, 0.25) is 0 Å². The van der Waals surface area contributed by atoms with Crippen molar-refractivity contribution in [2.45, 2.75) is 29.7 Å². The molecule has 0 aromatic rings. The zero-order valence-corrected chi connectivity index (χ0v) is 1.62. The Bertz CT molecular complexity index is 6.04. The van der Waals surface area contributed by atoms with Crippen molar-refractivity contribution in [2.24, 2.45) is 0 Å². The molecular weight excluding hydrogens is 92.1 g/mol. The van der Waals surface area contributed by atoms with Gasteiger partial charge < -0.3 is 10.3 Å². The van der Waals surface area contributed by atoms with E-state index >= 15 is 0 Å². The predicted molar refractivity (Wildman–Crippen MR) is 37.7 cm³/mol. The Kier molecular flexibility index (Phi) is 66700. The molecule has 0 heterocycles. The van der Waals surface area contributed by atoms with Crippen molar-refractivity contribution in [3.05, 3.63) is 0 Å². The van der Waals surface area contributed by atoms with Crippen molar-refractivity contribution >= 4 is 6.79 Å². The highest BCUT2D eigenvalue weighted by atomic mass is 16.1. The SMILES string of the molecule is C.C.C.C.C=O.O. The first kappa shape index (κ1) is 529. The summed E-state index contributed by atoms with van der Waals surface area (Å²) in [6, 6.07) is 0. The quantitative estimate of drug-likeness (QED) is 0.469. The van der Waals surface area contributed by atoms with Crippen LogP contribution in [0.15, 0.2) is 0 Å². The number of hydrogen-bond donors (Lipinski definition) is 0. The van der Waals surface area contributed by atoms with Crippen molar-refractivity contribution in [1.29, 1.82) is 0 Å². The van der Waals surface area contributed by atoms with E-state index < -0.39 is 0 Å². The van der Waals surface area contributed by atoms with Crippen LogP contribution in [-0.2, 0) is 4.79 Å². The highest BCUT2D eigenvalue weighted by molar-refractivity contribution is 5.10. The number of carbonyl (C=O) groups is 1. The minimum Gasteiger partial charge on any atom is -0.412 e. The molecule has 0 bridgehead atoms. The third-order valence-electron chi connectivity index (χ3n) is 0. The van der Waals surface area contributed by atoms with Gasteiger partial charge in [-0.2, -0.15) is 0 Å². The second kappa shape index (κ2) is 882. The second-order valence-corrected chi connectivity index (χ2v) is 0. The molecule has 0 saturated heterocycles. The number of rotatable bonds is 0. The van der Waals surface area contributed by atoms with E-state index in [-0.39, 0.29) is 35.2 Å². The van der Waals surface area contributed by atoms with E-state index in [0.29, 0.717) is 0 Å². The normalized spacial score (nSPS) is 0.571. The lowest BCUT2D eigenvalue weighted by atomic mass is 11.9. The van der Waals surface area contributed by atoms with E-state index in [1.54, 1.807) is 0 Å². The molecule has 0 aliphatic rings. The molecule has 0 unspecified atom stereocenters. The van der Waals surface area contributed by atoms with Crippen LogP contribution in [-0.4, -0.2) is 12.3 Å². The molecule has 0 spiro atoms. The molecule has 0 aromatic heterocycles. The van der Waals surface area contributed by atoms with E-state index in [1.165, 1.54) is 0 Å². The van der Waals surface area contributed by atoms with Gasteiger partial charge in [-0.25, -0.2) is 0 Å². The Labute approximate surface area is 47.9 Å². The topological polar surface area (TPSA) is 48.6 Å². The highest BCUT2D eigenvalue weighted by Gasteiger charge is 0.636. The van der Waals surface area contributed by atoms with E-state index in [9.17, 15) is 0 Å². The smallest absolute Gasteiger partial charge is 0.106 e. The fraction of sp³-hybridized carbons (Fsp3) is 0.800. The first-order chi connectivity index (χ1) is 1.00. The molecule has 0 radical (unpaired) electrons. The fourth-order valence-corrected chi connectivity index (χ4v) is 0. The maximum absolute atomic E-state index is 8.00. The van der Waals surface area contributed by atoms with Crippen LogP contribution < -0.4 is 0 Å². The Morgan fingerprint density at radius 2 is 0.714 bits per heavy atom. The third-order valence-corrected chi connectivity index (χ3v) is 0. The molecule has 0 rings (SSSR count). The molecule has 0 aromatic carbocycles. The minimum absolute atomic E-state index is 0. The summed E-state index contributed by atoms with van der Waals surface area (Å²) in [5.74, 6) is 0. The van der Waals surface area contributed by atoms with Crippen molar-refractivity contribution in [3.63, 3.8) is 0 Å². The zero-order chi connectivity index (χ0) is 2.00. The Morgan fingerprint density at radius 3 is 0.714 bits per heavy atom. The van der Waals surface area contributed by atoms with Crippen molar-refractivity contribution in [3.8, 4) is 0 Å². The van der Waals surface area contributed by atoms with Gasteiger partial charge in [0.1, 0.15) is 6.79 Å². The van der Waals surface area contributed by atoms with Crippen LogP contribution in [0.3, 0.4) is 0 Å². The van der Waals surface area contributed by atoms with Crippen LogP contribution in [0.1, 0.15) is 29.7 Å². The summed E-state index contributed by atoms with van der Waals surface area (Å²) in [6.45, 7) is 2.00. The zero-order valence-electron chi connectivity index (χ0n) is 1.62. The second-order valence-electron chi connectivity index (χ2n) is 0. The van der Waals surface area contributed by atoms with Crippen molar-refractivity contribution in [1.82, 2.24) is 0 Å². The molecule has 0 aliphatic heterocycles. The molecule has 0 amide bonds. The molecular formula is C5H20O2. The standard InChI is InChI=1S/CH2O.4CH4.H2O/c1-2;;;;;/h1H2;4*1H4;1H2. The first-order valence-electron chi connectivity index (χ1n) is 0.289. The summed E-state index contributed by atoms with van der Waals surface area (Å²) < 4.78 is 0. The van der Waals surface area contributed by atoms with E-state index in [4.69, 9.17) is 4.79 Å². The summed E-state index contributed by atoms with van der Waals surface area (Å²) in [7, 11) is 0.